The highest BCUT2D eigenvalue weighted by molar-refractivity contribution is 5.61. The fourth-order valence-electron chi connectivity index (χ4n) is 0.928. The lowest BCUT2D eigenvalue weighted by molar-refractivity contribution is -0.108. The first kappa shape index (κ1) is 8.59. The molecule has 0 amide bonds. The molecule has 0 fully saturated rings. The summed E-state index contributed by atoms with van der Waals surface area (Å²) in [5.41, 5.74) is 1.74. The van der Waals surface area contributed by atoms with Crippen molar-refractivity contribution in [2.75, 3.05) is 0 Å². The molecule has 0 saturated carbocycles. The van der Waals surface area contributed by atoms with Crippen LogP contribution in [0, 0.1) is 11.8 Å². The number of rotatable bonds is 3. The molecule has 1 aromatic carbocycles. The Kier molecular flexibility index (Phi) is 2.69. The first-order valence-corrected chi connectivity index (χ1v) is 3.62. The van der Waals surface area contributed by atoms with Crippen LogP contribution in [0.5, 0.6) is 0 Å². The van der Waals surface area contributed by atoms with Crippen LogP contribution in [0.2, 0.25) is 0 Å². The second-order valence-corrected chi connectivity index (χ2v) is 2.60. The molecule has 3 heteroatoms. The van der Waals surface area contributed by atoms with Gasteiger partial charge in [0.05, 0.1) is 0 Å². The second-order valence-electron chi connectivity index (χ2n) is 2.60. The lowest BCUT2D eigenvalue weighted by Gasteiger charge is -2.00. The molecular formula is C9H9NO2. The van der Waals surface area contributed by atoms with Gasteiger partial charge in [-0.3, -0.25) is 0 Å². The predicted molar refractivity (Wildman–Crippen MR) is 45.8 cm³/mol. The highest BCUT2D eigenvalue weighted by Crippen LogP contribution is 2.14. The van der Waals surface area contributed by atoms with Gasteiger partial charge < -0.3 is 4.79 Å². The SMILES string of the molecule is Cc1ccc(C(C=O)N=O)cc1. The van der Waals surface area contributed by atoms with Crippen molar-refractivity contribution in [1.29, 1.82) is 0 Å². The first-order valence-electron chi connectivity index (χ1n) is 3.62. The first-order chi connectivity index (χ1) is 5.77. The summed E-state index contributed by atoms with van der Waals surface area (Å²) in [5, 5.41) is 2.69. The smallest absolute Gasteiger partial charge is 0.172 e. The van der Waals surface area contributed by atoms with Crippen molar-refractivity contribution in [3.63, 3.8) is 0 Å². The van der Waals surface area contributed by atoms with Gasteiger partial charge in [0, 0.05) is 0 Å². The van der Waals surface area contributed by atoms with E-state index in [0.29, 0.717) is 11.8 Å². The predicted octanol–water partition coefficient (Wildman–Crippen LogP) is 2.00. The van der Waals surface area contributed by atoms with Gasteiger partial charge in [0.2, 0.25) is 0 Å². The Balaban J connectivity index is 2.94. The van der Waals surface area contributed by atoms with Gasteiger partial charge >= 0.3 is 0 Å². The van der Waals surface area contributed by atoms with E-state index in [4.69, 9.17) is 0 Å². The van der Waals surface area contributed by atoms with Crippen LogP contribution < -0.4 is 0 Å². The number of benzene rings is 1. The van der Waals surface area contributed by atoms with Crippen LogP contribution in [-0.2, 0) is 4.79 Å². The molecule has 0 heterocycles. The monoisotopic (exact) mass is 163 g/mol. The largest absolute Gasteiger partial charge is 0.300 e. The Morgan fingerprint density at radius 3 is 2.33 bits per heavy atom. The highest BCUT2D eigenvalue weighted by atomic mass is 16.3. The van der Waals surface area contributed by atoms with E-state index in [1.165, 1.54) is 0 Å². The molecule has 0 radical (unpaired) electrons. The second kappa shape index (κ2) is 3.76. The molecule has 1 atom stereocenters. The minimum atomic E-state index is -0.856. The fourth-order valence-corrected chi connectivity index (χ4v) is 0.928. The molecule has 12 heavy (non-hydrogen) atoms. The van der Waals surface area contributed by atoms with Crippen LogP contribution in [0.25, 0.3) is 0 Å². The molecule has 62 valence electrons. The maximum atomic E-state index is 10.3. The van der Waals surface area contributed by atoms with E-state index < -0.39 is 6.04 Å². The Morgan fingerprint density at radius 2 is 1.92 bits per heavy atom. The number of aldehydes is 1. The van der Waals surface area contributed by atoms with Gasteiger partial charge in [-0.2, -0.15) is 0 Å². The lowest BCUT2D eigenvalue weighted by Crippen LogP contribution is -1.94. The molecule has 1 unspecified atom stereocenters. The van der Waals surface area contributed by atoms with Crippen LogP contribution in [0.1, 0.15) is 17.2 Å². The molecule has 0 saturated heterocycles. The Morgan fingerprint density at radius 1 is 1.33 bits per heavy atom. The van der Waals surface area contributed by atoms with Gasteiger partial charge in [-0.25, -0.2) is 0 Å². The molecular weight excluding hydrogens is 154 g/mol. The summed E-state index contributed by atoms with van der Waals surface area (Å²) in [6.07, 6.45) is 0.539. The van der Waals surface area contributed by atoms with Crippen molar-refractivity contribution >= 4 is 6.29 Å². The van der Waals surface area contributed by atoms with Gasteiger partial charge in [0.25, 0.3) is 0 Å². The van der Waals surface area contributed by atoms with E-state index in [1.807, 2.05) is 19.1 Å². The van der Waals surface area contributed by atoms with E-state index in [-0.39, 0.29) is 0 Å². The third kappa shape index (κ3) is 1.75. The highest BCUT2D eigenvalue weighted by Gasteiger charge is 2.08. The van der Waals surface area contributed by atoms with Crippen molar-refractivity contribution in [3.8, 4) is 0 Å². The minimum Gasteiger partial charge on any atom is -0.300 e. The standard InChI is InChI=1S/C9H9NO2/c1-7-2-4-8(5-3-7)9(6-11)10-12/h2-6,9H,1H3. The number of carbonyl (C=O) groups excluding carboxylic acids is 1. The maximum absolute atomic E-state index is 10.3. The van der Waals surface area contributed by atoms with E-state index in [2.05, 4.69) is 5.18 Å². The number of hydrogen-bond donors (Lipinski definition) is 0. The van der Waals surface area contributed by atoms with Crippen LogP contribution in [-0.4, -0.2) is 6.29 Å². The summed E-state index contributed by atoms with van der Waals surface area (Å²) >= 11 is 0. The van der Waals surface area contributed by atoms with Crippen molar-refractivity contribution < 1.29 is 4.79 Å². The zero-order valence-electron chi connectivity index (χ0n) is 6.73. The molecule has 0 aromatic heterocycles. The summed E-state index contributed by atoms with van der Waals surface area (Å²) in [6, 6.07) is 6.30. The van der Waals surface area contributed by atoms with Crippen molar-refractivity contribution in [2.24, 2.45) is 5.18 Å². The fraction of sp³-hybridized carbons (Fsp3) is 0.222. The van der Waals surface area contributed by atoms with Gasteiger partial charge in [0.1, 0.15) is 0 Å². The lowest BCUT2D eigenvalue weighted by atomic mass is 10.1. The molecule has 0 N–H and O–H groups in total. The Bertz CT molecular complexity index is 271. The number of aryl methyl sites for hydroxylation is 1. The molecule has 0 bridgehead atoms. The zero-order valence-corrected chi connectivity index (χ0v) is 6.73. The van der Waals surface area contributed by atoms with Crippen LogP contribution >= 0.6 is 0 Å². The summed E-state index contributed by atoms with van der Waals surface area (Å²) in [5.74, 6) is 0. The summed E-state index contributed by atoms with van der Waals surface area (Å²) in [7, 11) is 0. The van der Waals surface area contributed by atoms with E-state index in [0.717, 1.165) is 5.56 Å². The van der Waals surface area contributed by atoms with E-state index in [1.54, 1.807) is 12.1 Å². The number of nitrogens with zero attached hydrogens (tertiary/aromatic N) is 1. The molecule has 0 aliphatic carbocycles. The Hall–Kier alpha value is -1.51. The average Bonchev–Trinajstić information content (AvgIpc) is 2.10. The normalized spacial score (nSPS) is 12.1. The van der Waals surface area contributed by atoms with Crippen LogP contribution in [0.3, 0.4) is 0 Å². The van der Waals surface area contributed by atoms with Gasteiger partial charge in [0.15, 0.2) is 12.3 Å². The third-order valence-corrected chi connectivity index (χ3v) is 1.66. The number of carbonyl (C=O) groups is 1. The number of nitroso groups, excluding NO2 is 1. The average molecular weight is 163 g/mol. The van der Waals surface area contributed by atoms with Crippen molar-refractivity contribution in [1.82, 2.24) is 0 Å². The summed E-state index contributed by atoms with van der Waals surface area (Å²) < 4.78 is 0. The number of hydrogen-bond acceptors (Lipinski definition) is 3. The molecule has 1 aromatic rings. The molecule has 0 spiro atoms. The molecule has 0 aliphatic heterocycles. The van der Waals surface area contributed by atoms with E-state index in [9.17, 15) is 9.70 Å². The minimum absolute atomic E-state index is 0.539. The molecule has 3 nitrogen and oxygen atoms in total. The summed E-state index contributed by atoms with van der Waals surface area (Å²) in [6.45, 7) is 1.94. The maximum Gasteiger partial charge on any atom is 0.172 e. The van der Waals surface area contributed by atoms with E-state index >= 15 is 0 Å². The molecule has 1 rings (SSSR count). The Labute approximate surface area is 70.4 Å². The third-order valence-electron chi connectivity index (χ3n) is 1.66. The van der Waals surface area contributed by atoms with Gasteiger partial charge in [-0.15, -0.1) is 4.91 Å². The quantitative estimate of drug-likeness (QED) is 0.505. The van der Waals surface area contributed by atoms with Crippen LogP contribution in [0.4, 0.5) is 0 Å². The van der Waals surface area contributed by atoms with Crippen LogP contribution in [0.15, 0.2) is 29.4 Å². The topological polar surface area (TPSA) is 46.5 Å². The van der Waals surface area contributed by atoms with Gasteiger partial charge in [-0.05, 0) is 12.5 Å². The van der Waals surface area contributed by atoms with Gasteiger partial charge in [-0.1, -0.05) is 35.0 Å². The molecule has 0 aliphatic rings. The van der Waals surface area contributed by atoms with Crippen molar-refractivity contribution in [2.45, 2.75) is 13.0 Å². The van der Waals surface area contributed by atoms with Crippen molar-refractivity contribution in [3.05, 3.63) is 40.3 Å². The zero-order chi connectivity index (χ0) is 8.97. The summed E-state index contributed by atoms with van der Waals surface area (Å²) in [4.78, 5) is 20.5.